The van der Waals surface area contributed by atoms with E-state index in [2.05, 4.69) is 15.5 Å². The number of nitrogens with zero attached hydrogens (tertiary/aromatic N) is 1. The van der Waals surface area contributed by atoms with Crippen LogP contribution in [0.4, 0.5) is 18.9 Å². The summed E-state index contributed by atoms with van der Waals surface area (Å²) >= 11 is 0. The maximum atomic E-state index is 13.5. The molecular formula is C11H11F3N4O2S. The van der Waals surface area contributed by atoms with Gasteiger partial charge in [-0.25, -0.2) is 13.2 Å². The van der Waals surface area contributed by atoms with Gasteiger partial charge in [0, 0.05) is 24.2 Å². The number of sulfonamides is 1. The van der Waals surface area contributed by atoms with Gasteiger partial charge in [0.1, 0.15) is 5.82 Å². The summed E-state index contributed by atoms with van der Waals surface area (Å²) in [4.78, 5) is 0. The molecule has 0 atom stereocenters. The zero-order chi connectivity index (χ0) is 15.6. The van der Waals surface area contributed by atoms with Crippen LogP contribution in [0, 0.1) is 17.5 Å². The number of halogens is 3. The van der Waals surface area contributed by atoms with Crippen molar-refractivity contribution >= 4 is 15.7 Å². The van der Waals surface area contributed by atoms with Crippen molar-refractivity contribution in [3.8, 4) is 0 Å². The van der Waals surface area contributed by atoms with Crippen LogP contribution in [0.3, 0.4) is 0 Å². The lowest BCUT2D eigenvalue weighted by molar-refractivity contribution is 0.498. The molecule has 1 aromatic carbocycles. The van der Waals surface area contributed by atoms with Crippen LogP contribution >= 0.6 is 0 Å². The quantitative estimate of drug-likeness (QED) is 0.726. The first kappa shape index (κ1) is 15.3. The highest BCUT2D eigenvalue weighted by Crippen LogP contribution is 2.23. The van der Waals surface area contributed by atoms with Gasteiger partial charge in [-0.05, 0) is 7.05 Å². The molecule has 0 radical (unpaired) electrons. The first-order valence-electron chi connectivity index (χ1n) is 5.69. The lowest BCUT2D eigenvalue weighted by atomic mass is 10.3. The number of aromatic amines is 1. The van der Waals surface area contributed by atoms with Crippen LogP contribution in [0.15, 0.2) is 23.4 Å². The van der Waals surface area contributed by atoms with Crippen molar-refractivity contribution in [3.05, 3.63) is 41.3 Å². The van der Waals surface area contributed by atoms with E-state index in [0.29, 0.717) is 17.7 Å². The summed E-state index contributed by atoms with van der Waals surface area (Å²) in [5.41, 5.74) is -0.528. The van der Waals surface area contributed by atoms with Gasteiger partial charge in [0.05, 0.1) is 11.9 Å². The zero-order valence-corrected chi connectivity index (χ0v) is 11.6. The number of aromatic nitrogens is 2. The van der Waals surface area contributed by atoms with Crippen LogP contribution < -0.4 is 10.0 Å². The molecule has 0 spiro atoms. The van der Waals surface area contributed by atoms with E-state index in [1.54, 1.807) is 11.8 Å². The van der Waals surface area contributed by atoms with E-state index < -0.39 is 33.2 Å². The molecule has 21 heavy (non-hydrogen) atoms. The van der Waals surface area contributed by atoms with Gasteiger partial charge in [0.25, 0.3) is 10.0 Å². The fourth-order valence-corrected chi connectivity index (χ4v) is 2.86. The van der Waals surface area contributed by atoms with Crippen LogP contribution in [-0.4, -0.2) is 25.7 Å². The van der Waals surface area contributed by atoms with Gasteiger partial charge in [-0.15, -0.1) is 0 Å². The summed E-state index contributed by atoms with van der Waals surface area (Å²) in [5.74, 6) is -4.09. The normalized spacial score (nSPS) is 11.6. The molecule has 0 bridgehead atoms. The average molecular weight is 320 g/mol. The number of nitrogens with one attached hydrogen (secondary N) is 3. The van der Waals surface area contributed by atoms with Gasteiger partial charge in [0.2, 0.25) is 0 Å². The number of rotatable bonds is 5. The van der Waals surface area contributed by atoms with E-state index in [9.17, 15) is 21.6 Å². The van der Waals surface area contributed by atoms with Gasteiger partial charge in [0.15, 0.2) is 16.7 Å². The van der Waals surface area contributed by atoms with Crippen molar-refractivity contribution in [2.75, 3.05) is 11.8 Å². The van der Waals surface area contributed by atoms with E-state index in [0.717, 1.165) is 0 Å². The maximum Gasteiger partial charge on any atom is 0.279 e. The van der Waals surface area contributed by atoms with Crippen molar-refractivity contribution in [1.29, 1.82) is 0 Å². The molecule has 1 heterocycles. The fraction of sp³-hybridized carbons (Fsp3) is 0.182. The van der Waals surface area contributed by atoms with Gasteiger partial charge < -0.3 is 5.32 Å². The highest BCUT2D eigenvalue weighted by atomic mass is 32.2. The van der Waals surface area contributed by atoms with Gasteiger partial charge in [-0.2, -0.15) is 13.5 Å². The second-order valence-electron chi connectivity index (χ2n) is 4.11. The first-order chi connectivity index (χ1) is 9.85. The first-order valence-corrected chi connectivity index (χ1v) is 7.17. The maximum absolute atomic E-state index is 13.5. The molecule has 0 aliphatic heterocycles. The predicted molar refractivity (Wildman–Crippen MR) is 68.5 cm³/mol. The Morgan fingerprint density at radius 3 is 2.67 bits per heavy atom. The van der Waals surface area contributed by atoms with Gasteiger partial charge >= 0.3 is 0 Å². The van der Waals surface area contributed by atoms with E-state index in [4.69, 9.17) is 0 Å². The minimum Gasteiger partial charge on any atom is -0.316 e. The molecule has 0 aliphatic rings. The summed E-state index contributed by atoms with van der Waals surface area (Å²) in [5, 5.41) is 8.24. The fourth-order valence-electron chi connectivity index (χ4n) is 1.67. The van der Waals surface area contributed by atoms with E-state index >= 15 is 0 Å². The lowest BCUT2D eigenvalue weighted by Crippen LogP contribution is -2.18. The minimum absolute atomic E-state index is 0.187. The molecule has 3 N–H and O–H groups in total. The van der Waals surface area contributed by atoms with Crippen molar-refractivity contribution in [2.45, 2.75) is 11.6 Å². The topological polar surface area (TPSA) is 86.9 Å². The van der Waals surface area contributed by atoms with Gasteiger partial charge in [-0.1, -0.05) is 0 Å². The predicted octanol–water partition coefficient (Wildman–Crippen LogP) is 1.35. The Balaban J connectivity index is 2.40. The van der Waals surface area contributed by atoms with Crippen LogP contribution in [0.25, 0.3) is 0 Å². The Morgan fingerprint density at radius 2 is 2.00 bits per heavy atom. The Hall–Kier alpha value is -2.07. The zero-order valence-electron chi connectivity index (χ0n) is 10.7. The highest BCUT2D eigenvalue weighted by Gasteiger charge is 2.23. The van der Waals surface area contributed by atoms with Crippen molar-refractivity contribution in [1.82, 2.24) is 15.5 Å². The van der Waals surface area contributed by atoms with E-state index in [-0.39, 0.29) is 11.6 Å². The summed E-state index contributed by atoms with van der Waals surface area (Å²) in [7, 11) is -2.66. The van der Waals surface area contributed by atoms with Gasteiger partial charge in [-0.3, -0.25) is 9.82 Å². The number of anilines is 1. The number of hydrogen-bond donors (Lipinski definition) is 3. The molecule has 6 nitrogen and oxygen atoms in total. The summed E-state index contributed by atoms with van der Waals surface area (Å²) < 4.78 is 65.6. The Bertz CT molecular complexity index is 761. The van der Waals surface area contributed by atoms with Crippen molar-refractivity contribution in [3.63, 3.8) is 0 Å². The third kappa shape index (κ3) is 3.16. The molecule has 10 heteroatoms. The van der Waals surface area contributed by atoms with Crippen LogP contribution in [0.2, 0.25) is 0 Å². The molecule has 0 amide bonds. The monoisotopic (exact) mass is 320 g/mol. The third-order valence-corrected chi connectivity index (χ3v) is 3.93. The molecule has 0 unspecified atom stereocenters. The molecule has 2 rings (SSSR count). The molecule has 2 aromatic rings. The molecule has 0 saturated heterocycles. The number of H-pyrrole nitrogens is 1. The molecule has 114 valence electrons. The third-order valence-electron chi connectivity index (χ3n) is 2.55. The smallest absolute Gasteiger partial charge is 0.279 e. The summed E-state index contributed by atoms with van der Waals surface area (Å²) in [6.45, 7) is 0.187. The van der Waals surface area contributed by atoms with Crippen LogP contribution in [0.1, 0.15) is 5.56 Å². The average Bonchev–Trinajstić information content (AvgIpc) is 2.84. The molecule has 0 saturated carbocycles. The lowest BCUT2D eigenvalue weighted by Gasteiger charge is -2.09. The second kappa shape index (κ2) is 5.74. The number of benzene rings is 1. The molecule has 1 aromatic heterocycles. The standard InChI is InChI=1S/C11H11F3N4O2S/c1-15-4-6-5-16-17-11(6)21(19,20)18-9-3-7(12)2-8(13)10(9)14/h2-3,5,15,18H,4H2,1H3,(H,16,17). The number of hydrogen-bond acceptors (Lipinski definition) is 4. The molecule has 0 aliphatic carbocycles. The largest absolute Gasteiger partial charge is 0.316 e. The van der Waals surface area contributed by atoms with E-state index in [1.165, 1.54) is 6.20 Å². The van der Waals surface area contributed by atoms with Crippen molar-refractivity contribution < 1.29 is 21.6 Å². The Labute approximate surface area is 118 Å². The highest BCUT2D eigenvalue weighted by molar-refractivity contribution is 7.92. The minimum atomic E-state index is -4.26. The van der Waals surface area contributed by atoms with E-state index in [1.807, 2.05) is 0 Å². The second-order valence-corrected chi connectivity index (χ2v) is 5.73. The SMILES string of the molecule is CNCc1cn[nH]c1S(=O)(=O)Nc1cc(F)cc(F)c1F. The van der Waals surface area contributed by atoms with Crippen LogP contribution in [0.5, 0.6) is 0 Å². The Kier molecular flexibility index (Phi) is 4.19. The van der Waals surface area contributed by atoms with Crippen LogP contribution in [-0.2, 0) is 16.6 Å². The summed E-state index contributed by atoms with van der Waals surface area (Å²) in [6.07, 6.45) is 1.27. The Morgan fingerprint density at radius 1 is 1.29 bits per heavy atom. The molecular weight excluding hydrogens is 309 g/mol. The molecule has 0 fully saturated rings. The van der Waals surface area contributed by atoms with Crippen molar-refractivity contribution in [2.24, 2.45) is 0 Å². The summed E-state index contributed by atoms with van der Waals surface area (Å²) in [6, 6.07) is 0.861.